The minimum absolute atomic E-state index is 0.0200. The van der Waals surface area contributed by atoms with Gasteiger partial charge in [0, 0.05) is 19.3 Å². The number of hydrogen-bond acceptors (Lipinski definition) is 3. The topological polar surface area (TPSA) is 59.0 Å². The molecule has 1 amide bonds. The van der Waals surface area contributed by atoms with Gasteiger partial charge in [0.2, 0.25) is 0 Å². The first kappa shape index (κ1) is 15.2. The standard InChI is InChI=1S/C15H19FN4O/c1-4-18-10(2)12-9-11(16)5-6-14(12)20-8-7-13(19-20)15(21)17-3/h5-10,18H,4H2,1-3H3,(H,17,21). The van der Waals surface area contributed by atoms with Crippen molar-refractivity contribution in [1.82, 2.24) is 20.4 Å². The molecule has 1 aromatic carbocycles. The van der Waals surface area contributed by atoms with Gasteiger partial charge < -0.3 is 10.6 Å². The van der Waals surface area contributed by atoms with E-state index in [0.717, 1.165) is 17.8 Å². The molecule has 2 N–H and O–H groups in total. The van der Waals surface area contributed by atoms with E-state index in [-0.39, 0.29) is 17.8 Å². The average Bonchev–Trinajstić information content (AvgIpc) is 2.96. The maximum atomic E-state index is 13.5. The van der Waals surface area contributed by atoms with E-state index in [0.29, 0.717) is 5.69 Å². The number of hydrogen-bond donors (Lipinski definition) is 2. The minimum Gasteiger partial charge on any atom is -0.354 e. The normalized spacial score (nSPS) is 12.2. The maximum absolute atomic E-state index is 13.5. The molecule has 0 aliphatic rings. The molecular weight excluding hydrogens is 271 g/mol. The van der Waals surface area contributed by atoms with Crippen LogP contribution in [0.25, 0.3) is 5.69 Å². The Kier molecular flexibility index (Phi) is 4.70. The summed E-state index contributed by atoms with van der Waals surface area (Å²) >= 11 is 0. The van der Waals surface area contributed by atoms with Crippen LogP contribution in [-0.4, -0.2) is 29.3 Å². The molecule has 0 bridgehead atoms. The Morgan fingerprint density at radius 2 is 2.19 bits per heavy atom. The highest BCUT2D eigenvalue weighted by atomic mass is 19.1. The Hall–Kier alpha value is -2.21. The molecule has 1 atom stereocenters. The van der Waals surface area contributed by atoms with Gasteiger partial charge in [-0.3, -0.25) is 4.79 Å². The Bertz CT molecular complexity index is 638. The lowest BCUT2D eigenvalue weighted by Crippen LogP contribution is -2.20. The van der Waals surface area contributed by atoms with Crippen LogP contribution in [-0.2, 0) is 0 Å². The van der Waals surface area contributed by atoms with Crippen molar-refractivity contribution in [2.24, 2.45) is 0 Å². The van der Waals surface area contributed by atoms with Gasteiger partial charge in [-0.1, -0.05) is 6.92 Å². The van der Waals surface area contributed by atoms with Crippen LogP contribution in [0, 0.1) is 5.82 Å². The van der Waals surface area contributed by atoms with E-state index in [1.54, 1.807) is 30.1 Å². The Balaban J connectivity index is 2.43. The van der Waals surface area contributed by atoms with Crippen LogP contribution in [0.2, 0.25) is 0 Å². The predicted octanol–water partition coefficient (Wildman–Crippen LogP) is 2.04. The van der Waals surface area contributed by atoms with Gasteiger partial charge in [-0.25, -0.2) is 9.07 Å². The molecule has 0 radical (unpaired) electrons. The summed E-state index contributed by atoms with van der Waals surface area (Å²) in [4.78, 5) is 11.6. The second-order valence-electron chi connectivity index (χ2n) is 4.71. The zero-order chi connectivity index (χ0) is 15.4. The van der Waals surface area contributed by atoms with E-state index in [9.17, 15) is 9.18 Å². The van der Waals surface area contributed by atoms with Gasteiger partial charge in [0.25, 0.3) is 5.91 Å². The van der Waals surface area contributed by atoms with Gasteiger partial charge in [0.15, 0.2) is 5.69 Å². The zero-order valence-corrected chi connectivity index (χ0v) is 12.4. The fourth-order valence-electron chi connectivity index (χ4n) is 2.20. The summed E-state index contributed by atoms with van der Waals surface area (Å²) in [5, 5.41) is 10.0. The van der Waals surface area contributed by atoms with Gasteiger partial charge in [0.1, 0.15) is 5.82 Å². The lowest BCUT2D eigenvalue weighted by atomic mass is 10.1. The molecule has 0 spiro atoms. The molecule has 0 saturated heterocycles. The number of benzene rings is 1. The summed E-state index contributed by atoms with van der Waals surface area (Å²) in [5.41, 5.74) is 1.87. The van der Waals surface area contributed by atoms with E-state index in [1.807, 2.05) is 13.8 Å². The minimum atomic E-state index is -0.294. The van der Waals surface area contributed by atoms with E-state index >= 15 is 0 Å². The summed E-state index contributed by atoms with van der Waals surface area (Å²) in [7, 11) is 1.55. The van der Waals surface area contributed by atoms with Crippen LogP contribution in [0.15, 0.2) is 30.5 Å². The van der Waals surface area contributed by atoms with Gasteiger partial charge in [-0.2, -0.15) is 5.10 Å². The molecule has 1 heterocycles. The summed E-state index contributed by atoms with van der Waals surface area (Å²) in [6.07, 6.45) is 1.69. The first-order valence-corrected chi connectivity index (χ1v) is 6.87. The highest BCUT2D eigenvalue weighted by Crippen LogP contribution is 2.22. The van der Waals surface area contributed by atoms with Gasteiger partial charge in [0.05, 0.1) is 5.69 Å². The monoisotopic (exact) mass is 290 g/mol. The van der Waals surface area contributed by atoms with Crippen molar-refractivity contribution in [3.63, 3.8) is 0 Å². The number of amides is 1. The van der Waals surface area contributed by atoms with E-state index < -0.39 is 0 Å². The largest absolute Gasteiger partial charge is 0.354 e. The molecule has 0 aliphatic carbocycles. The first-order valence-electron chi connectivity index (χ1n) is 6.87. The second kappa shape index (κ2) is 6.49. The lowest BCUT2D eigenvalue weighted by molar-refractivity contribution is 0.0957. The number of carbonyl (C=O) groups is 1. The lowest BCUT2D eigenvalue weighted by Gasteiger charge is -2.17. The van der Waals surface area contributed by atoms with Crippen LogP contribution in [0.3, 0.4) is 0 Å². The van der Waals surface area contributed by atoms with Crippen molar-refractivity contribution in [3.05, 3.63) is 47.5 Å². The molecule has 2 rings (SSSR count). The van der Waals surface area contributed by atoms with E-state index in [4.69, 9.17) is 0 Å². The maximum Gasteiger partial charge on any atom is 0.271 e. The van der Waals surface area contributed by atoms with Crippen LogP contribution in [0.5, 0.6) is 0 Å². The molecule has 21 heavy (non-hydrogen) atoms. The van der Waals surface area contributed by atoms with Crippen molar-refractivity contribution in [2.75, 3.05) is 13.6 Å². The highest BCUT2D eigenvalue weighted by molar-refractivity contribution is 5.91. The van der Waals surface area contributed by atoms with Crippen LogP contribution in [0.1, 0.15) is 35.9 Å². The second-order valence-corrected chi connectivity index (χ2v) is 4.71. The summed E-state index contributed by atoms with van der Waals surface area (Å²) in [5.74, 6) is -0.547. The third-order valence-corrected chi connectivity index (χ3v) is 3.26. The summed E-state index contributed by atoms with van der Waals surface area (Å²) < 4.78 is 15.1. The highest BCUT2D eigenvalue weighted by Gasteiger charge is 2.15. The van der Waals surface area contributed by atoms with Crippen LogP contribution >= 0.6 is 0 Å². The summed E-state index contributed by atoms with van der Waals surface area (Å²) in [6.45, 7) is 4.73. The third-order valence-electron chi connectivity index (χ3n) is 3.26. The molecule has 0 fully saturated rings. The Morgan fingerprint density at radius 1 is 1.43 bits per heavy atom. The SMILES string of the molecule is CCNC(C)c1cc(F)ccc1-n1ccc(C(=O)NC)n1. The average molecular weight is 290 g/mol. The molecule has 0 aliphatic heterocycles. The smallest absolute Gasteiger partial charge is 0.271 e. The quantitative estimate of drug-likeness (QED) is 0.886. The zero-order valence-electron chi connectivity index (χ0n) is 12.4. The van der Waals surface area contributed by atoms with Gasteiger partial charge in [-0.15, -0.1) is 0 Å². The molecule has 112 valence electrons. The Labute approximate surface area is 123 Å². The van der Waals surface area contributed by atoms with Crippen molar-refractivity contribution in [3.8, 4) is 5.69 Å². The summed E-state index contributed by atoms with van der Waals surface area (Å²) in [6, 6.07) is 6.15. The molecular formula is C15H19FN4O. The molecule has 1 unspecified atom stereocenters. The van der Waals surface area contributed by atoms with Crippen LogP contribution < -0.4 is 10.6 Å². The molecule has 6 heteroatoms. The van der Waals surface area contributed by atoms with Crippen molar-refractivity contribution >= 4 is 5.91 Å². The number of rotatable bonds is 5. The molecule has 5 nitrogen and oxygen atoms in total. The molecule has 1 aromatic heterocycles. The number of halogens is 1. The first-order chi connectivity index (χ1) is 10.1. The number of aromatic nitrogens is 2. The van der Waals surface area contributed by atoms with Gasteiger partial charge in [-0.05, 0) is 43.3 Å². The number of nitrogens with one attached hydrogen (secondary N) is 2. The predicted molar refractivity (Wildman–Crippen MR) is 79.0 cm³/mol. The van der Waals surface area contributed by atoms with Gasteiger partial charge >= 0.3 is 0 Å². The molecule has 0 saturated carbocycles. The Morgan fingerprint density at radius 3 is 2.86 bits per heavy atom. The number of nitrogens with zero attached hydrogens (tertiary/aromatic N) is 2. The van der Waals surface area contributed by atoms with E-state index in [2.05, 4.69) is 15.7 Å². The van der Waals surface area contributed by atoms with Crippen molar-refractivity contribution in [1.29, 1.82) is 0 Å². The van der Waals surface area contributed by atoms with Crippen molar-refractivity contribution < 1.29 is 9.18 Å². The fraction of sp³-hybridized carbons (Fsp3) is 0.333. The third kappa shape index (κ3) is 3.28. The van der Waals surface area contributed by atoms with E-state index in [1.165, 1.54) is 12.1 Å². The molecule has 2 aromatic rings. The van der Waals surface area contributed by atoms with Crippen LogP contribution in [0.4, 0.5) is 4.39 Å². The fourth-order valence-corrected chi connectivity index (χ4v) is 2.20. The number of carbonyl (C=O) groups excluding carboxylic acids is 1. The van der Waals surface area contributed by atoms with Crippen molar-refractivity contribution in [2.45, 2.75) is 19.9 Å².